The van der Waals surface area contributed by atoms with E-state index < -0.39 is 0 Å². The third-order valence-corrected chi connectivity index (χ3v) is 4.35. The molecule has 1 amide bonds. The molecule has 3 rings (SSSR count). The van der Waals surface area contributed by atoms with Gasteiger partial charge in [-0.2, -0.15) is 0 Å². The molecule has 0 aliphatic heterocycles. The van der Waals surface area contributed by atoms with E-state index in [4.69, 9.17) is 9.47 Å². The van der Waals surface area contributed by atoms with Crippen molar-refractivity contribution in [3.8, 4) is 11.5 Å². The molecule has 0 spiro atoms. The smallest absolute Gasteiger partial charge is 0.242 e. The average molecular weight is 382 g/mol. The van der Waals surface area contributed by atoms with Crippen molar-refractivity contribution in [1.29, 1.82) is 0 Å². The van der Waals surface area contributed by atoms with E-state index in [1.54, 1.807) is 11.8 Å². The molecule has 0 unspecified atom stereocenters. The van der Waals surface area contributed by atoms with E-state index >= 15 is 0 Å². The van der Waals surface area contributed by atoms with Gasteiger partial charge in [0.1, 0.15) is 12.1 Å². The van der Waals surface area contributed by atoms with Crippen molar-refractivity contribution in [3.63, 3.8) is 0 Å². The first kappa shape index (κ1) is 19.7. The van der Waals surface area contributed by atoms with Gasteiger partial charge in [0.2, 0.25) is 5.91 Å². The van der Waals surface area contributed by atoms with Crippen LogP contribution in [0.3, 0.4) is 0 Å². The van der Waals surface area contributed by atoms with E-state index in [0.29, 0.717) is 24.0 Å². The van der Waals surface area contributed by atoms with Crippen molar-refractivity contribution >= 4 is 16.9 Å². The normalized spacial score (nSPS) is 12.2. The Kier molecular flexibility index (Phi) is 6.13. The van der Waals surface area contributed by atoms with Gasteiger partial charge in [-0.15, -0.1) is 5.10 Å². The highest BCUT2D eigenvalue weighted by Crippen LogP contribution is 2.30. The quantitative estimate of drug-likeness (QED) is 0.646. The van der Waals surface area contributed by atoms with Crippen molar-refractivity contribution in [2.24, 2.45) is 5.92 Å². The molecular formula is C21H26N4O3. The minimum Gasteiger partial charge on any atom is -0.493 e. The molecule has 0 radical (unpaired) electrons. The highest BCUT2D eigenvalue weighted by molar-refractivity contribution is 5.80. The maximum Gasteiger partial charge on any atom is 0.242 e. The lowest BCUT2D eigenvalue weighted by Gasteiger charge is -2.18. The van der Waals surface area contributed by atoms with Crippen LogP contribution in [0.2, 0.25) is 0 Å². The second-order valence-corrected chi connectivity index (χ2v) is 7.14. The summed E-state index contributed by atoms with van der Waals surface area (Å²) in [5.74, 6) is 1.65. The van der Waals surface area contributed by atoms with Gasteiger partial charge in [0, 0.05) is 0 Å². The molecule has 0 saturated heterocycles. The number of amides is 1. The number of carbonyl (C=O) groups is 1. The maximum absolute atomic E-state index is 12.5. The summed E-state index contributed by atoms with van der Waals surface area (Å²) >= 11 is 0. The molecule has 3 aromatic rings. The number of carbonyl (C=O) groups excluding carboxylic acids is 1. The molecular weight excluding hydrogens is 356 g/mol. The van der Waals surface area contributed by atoms with E-state index in [1.165, 1.54) is 0 Å². The second kappa shape index (κ2) is 8.73. The molecule has 148 valence electrons. The van der Waals surface area contributed by atoms with Gasteiger partial charge >= 0.3 is 0 Å². The average Bonchev–Trinajstić information content (AvgIpc) is 3.09. The predicted octanol–water partition coefficient (Wildman–Crippen LogP) is 3.35. The summed E-state index contributed by atoms with van der Waals surface area (Å²) in [5, 5.41) is 11.1. The van der Waals surface area contributed by atoms with Gasteiger partial charge in [-0.25, -0.2) is 4.68 Å². The van der Waals surface area contributed by atoms with Crippen LogP contribution in [-0.4, -0.2) is 34.6 Å². The number of hydrogen-bond donors (Lipinski definition) is 1. The largest absolute Gasteiger partial charge is 0.493 e. The third kappa shape index (κ3) is 4.60. The Labute approximate surface area is 164 Å². The van der Waals surface area contributed by atoms with Crippen LogP contribution in [0.25, 0.3) is 11.0 Å². The third-order valence-electron chi connectivity index (χ3n) is 4.35. The molecule has 1 N–H and O–H groups in total. The van der Waals surface area contributed by atoms with Gasteiger partial charge in [-0.05, 0) is 42.7 Å². The number of ether oxygens (including phenoxy) is 2. The van der Waals surface area contributed by atoms with Crippen LogP contribution in [0.15, 0.2) is 42.5 Å². The van der Waals surface area contributed by atoms with Crippen molar-refractivity contribution < 1.29 is 14.3 Å². The highest BCUT2D eigenvalue weighted by atomic mass is 16.5. The molecule has 0 bridgehead atoms. The molecule has 0 aliphatic rings. The van der Waals surface area contributed by atoms with E-state index in [1.807, 2.05) is 49.4 Å². The Bertz CT molecular complexity index is 952. The Morgan fingerprint density at radius 1 is 1.14 bits per heavy atom. The Morgan fingerprint density at radius 3 is 2.68 bits per heavy atom. The van der Waals surface area contributed by atoms with Crippen LogP contribution >= 0.6 is 0 Å². The van der Waals surface area contributed by atoms with Crippen LogP contribution in [0.4, 0.5) is 0 Å². The van der Waals surface area contributed by atoms with Gasteiger partial charge in [-0.1, -0.05) is 37.3 Å². The summed E-state index contributed by atoms with van der Waals surface area (Å²) in [4.78, 5) is 12.5. The lowest BCUT2D eigenvalue weighted by Crippen LogP contribution is -2.30. The monoisotopic (exact) mass is 382 g/mol. The zero-order chi connectivity index (χ0) is 20.1. The number of aromatic nitrogens is 3. The number of nitrogens with one attached hydrogen (secondary N) is 1. The van der Waals surface area contributed by atoms with E-state index in [0.717, 1.165) is 16.6 Å². The minimum absolute atomic E-state index is 0.109. The first-order chi connectivity index (χ1) is 13.5. The zero-order valence-corrected chi connectivity index (χ0v) is 16.7. The van der Waals surface area contributed by atoms with Crippen LogP contribution in [0.5, 0.6) is 11.5 Å². The lowest BCUT2D eigenvalue weighted by molar-refractivity contribution is -0.122. The van der Waals surface area contributed by atoms with E-state index in [2.05, 4.69) is 29.5 Å². The highest BCUT2D eigenvalue weighted by Gasteiger charge is 2.15. The standard InChI is InChI=1S/C21H26N4O3/c1-14(2)13-28-19-10-9-16(11-20(19)27-4)15(3)22-21(26)12-25-18-8-6-5-7-17(18)23-24-25/h5-11,14-15H,12-13H2,1-4H3,(H,22,26)/t15-/m0/s1. The number of para-hydroxylation sites is 1. The molecule has 0 aliphatic carbocycles. The van der Waals surface area contributed by atoms with E-state index in [9.17, 15) is 4.79 Å². The summed E-state index contributed by atoms with van der Waals surface area (Å²) in [7, 11) is 1.61. The van der Waals surface area contributed by atoms with Crippen molar-refractivity contribution in [1.82, 2.24) is 20.3 Å². The topological polar surface area (TPSA) is 78.3 Å². The number of benzene rings is 2. The fourth-order valence-corrected chi connectivity index (χ4v) is 2.87. The molecule has 7 nitrogen and oxygen atoms in total. The molecule has 0 fully saturated rings. The minimum atomic E-state index is -0.185. The van der Waals surface area contributed by atoms with Crippen molar-refractivity contribution in [2.45, 2.75) is 33.4 Å². The first-order valence-electron chi connectivity index (χ1n) is 9.36. The number of fused-ring (bicyclic) bond motifs is 1. The zero-order valence-electron chi connectivity index (χ0n) is 16.7. The predicted molar refractivity (Wildman–Crippen MR) is 107 cm³/mol. The fraction of sp³-hybridized carbons (Fsp3) is 0.381. The Balaban J connectivity index is 1.66. The number of hydrogen-bond acceptors (Lipinski definition) is 5. The van der Waals surface area contributed by atoms with Crippen molar-refractivity contribution in [2.75, 3.05) is 13.7 Å². The van der Waals surface area contributed by atoms with Crippen LogP contribution in [-0.2, 0) is 11.3 Å². The molecule has 1 atom stereocenters. The summed E-state index contributed by atoms with van der Waals surface area (Å²) < 4.78 is 12.8. The summed E-state index contributed by atoms with van der Waals surface area (Å²) in [6.07, 6.45) is 0. The SMILES string of the molecule is COc1cc([C@H](C)NC(=O)Cn2nnc3ccccc32)ccc1OCC(C)C. The fourth-order valence-electron chi connectivity index (χ4n) is 2.87. The van der Waals surface area contributed by atoms with E-state index in [-0.39, 0.29) is 18.5 Å². The second-order valence-electron chi connectivity index (χ2n) is 7.14. The first-order valence-corrected chi connectivity index (χ1v) is 9.36. The number of nitrogens with zero attached hydrogens (tertiary/aromatic N) is 3. The summed E-state index contributed by atoms with van der Waals surface area (Å²) in [5.41, 5.74) is 2.54. The molecule has 1 aromatic heterocycles. The van der Waals surface area contributed by atoms with Crippen LogP contribution < -0.4 is 14.8 Å². The van der Waals surface area contributed by atoms with Crippen LogP contribution in [0.1, 0.15) is 32.4 Å². The number of rotatable bonds is 8. The Hall–Kier alpha value is -3.09. The van der Waals surface area contributed by atoms with Gasteiger partial charge in [0.15, 0.2) is 11.5 Å². The van der Waals surface area contributed by atoms with Gasteiger partial charge in [0.05, 0.1) is 25.3 Å². The van der Waals surface area contributed by atoms with Gasteiger partial charge in [0.25, 0.3) is 0 Å². The molecule has 7 heteroatoms. The molecule has 1 heterocycles. The van der Waals surface area contributed by atoms with Gasteiger partial charge in [-0.3, -0.25) is 4.79 Å². The molecule has 2 aromatic carbocycles. The Morgan fingerprint density at radius 2 is 1.93 bits per heavy atom. The molecule has 0 saturated carbocycles. The van der Waals surface area contributed by atoms with Gasteiger partial charge < -0.3 is 14.8 Å². The van der Waals surface area contributed by atoms with Crippen molar-refractivity contribution in [3.05, 3.63) is 48.0 Å². The lowest BCUT2D eigenvalue weighted by atomic mass is 10.1. The van der Waals surface area contributed by atoms with Crippen LogP contribution in [0, 0.1) is 5.92 Å². The summed E-state index contributed by atoms with van der Waals surface area (Å²) in [6, 6.07) is 13.1. The maximum atomic E-state index is 12.5. The summed E-state index contributed by atoms with van der Waals surface area (Å²) in [6.45, 7) is 6.85. The molecule has 28 heavy (non-hydrogen) atoms. The number of methoxy groups -OCH3 is 1.